The first-order chi connectivity index (χ1) is 19.1. The summed E-state index contributed by atoms with van der Waals surface area (Å²) in [7, 11) is 0. The Morgan fingerprint density at radius 3 is 2.48 bits per heavy atom. The first-order valence-corrected chi connectivity index (χ1v) is 14.0. The minimum absolute atomic E-state index is 0. The average Bonchev–Trinajstić information content (AvgIpc) is 2.95. The Bertz CT molecular complexity index is 1450. The fraction of sp³-hybridized carbons (Fsp3) is 0.452. The first kappa shape index (κ1) is 28.0. The van der Waals surface area contributed by atoms with Crippen LogP contribution in [0.3, 0.4) is 0 Å². The number of rotatable bonds is 4. The molecule has 40 heavy (non-hydrogen) atoms. The number of nitriles is 2. The van der Waals surface area contributed by atoms with Crippen LogP contribution in [0.25, 0.3) is 10.8 Å². The Kier molecular flexibility index (Phi) is 8.32. The molecule has 1 aromatic heterocycles. The number of fused-ring (bicyclic) bond motifs is 2. The molecule has 208 valence electrons. The van der Waals surface area contributed by atoms with E-state index in [1.807, 2.05) is 0 Å². The number of hydrogen-bond donors (Lipinski definition) is 1. The summed E-state index contributed by atoms with van der Waals surface area (Å²) in [6.07, 6.45) is 1.48. The van der Waals surface area contributed by atoms with Crippen molar-refractivity contribution in [3.63, 3.8) is 0 Å². The molecule has 1 N–H and O–H groups in total. The van der Waals surface area contributed by atoms with Gasteiger partial charge in [-0.05, 0) is 37.3 Å². The van der Waals surface area contributed by atoms with Crippen LogP contribution >= 0.6 is 12.4 Å². The zero-order chi connectivity index (χ0) is 26.9. The SMILES string of the molecule is CC1CN(c2nc(N3CCNC(CC#N)C3)c(C#N)c3c2CCN(c2cccc4ccccc24)C3)CC(C)O1.Cl. The summed E-state index contributed by atoms with van der Waals surface area (Å²) in [5.41, 5.74) is 4.15. The van der Waals surface area contributed by atoms with E-state index in [0.29, 0.717) is 25.1 Å². The van der Waals surface area contributed by atoms with Gasteiger partial charge in [0, 0.05) is 68.5 Å². The Labute approximate surface area is 242 Å². The van der Waals surface area contributed by atoms with E-state index < -0.39 is 0 Å². The summed E-state index contributed by atoms with van der Waals surface area (Å²) in [5.74, 6) is 1.75. The van der Waals surface area contributed by atoms with Crippen LogP contribution in [-0.4, -0.2) is 62.5 Å². The molecule has 4 heterocycles. The number of anilines is 3. The summed E-state index contributed by atoms with van der Waals surface area (Å²) in [5, 5.41) is 25.8. The molecular formula is C31H36ClN7O. The van der Waals surface area contributed by atoms with Gasteiger partial charge in [0.25, 0.3) is 0 Å². The number of morpholine rings is 1. The molecule has 9 heteroatoms. The van der Waals surface area contributed by atoms with Gasteiger partial charge in [-0.15, -0.1) is 12.4 Å². The summed E-state index contributed by atoms with van der Waals surface area (Å²) in [6, 6.07) is 19.9. The number of aromatic nitrogens is 1. The van der Waals surface area contributed by atoms with E-state index in [1.54, 1.807) is 0 Å². The van der Waals surface area contributed by atoms with Crippen molar-refractivity contribution in [1.82, 2.24) is 10.3 Å². The predicted octanol–water partition coefficient (Wildman–Crippen LogP) is 4.40. The van der Waals surface area contributed by atoms with Crippen molar-refractivity contribution >= 4 is 40.5 Å². The van der Waals surface area contributed by atoms with E-state index in [1.165, 1.54) is 22.0 Å². The van der Waals surface area contributed by atoms with E-state index in [0.717, 1.165) is 56.3 Å². The Hall–Kier alpha value is -3.56. The van der Waals surface area contributed by atoms with Gasteiger partial charge in [-0.1, -0.05) is 36.4 Å². The molecule has 3 aliphatic rings. The van der Waals surface area contributed by atoms with Crippen molar-refractivity contribution < 1.29 is 4.74 Å². The molecule has 0 amide bonds. The summed E-state index contributed by atoms with van der Waals surface area (Å²) in [6.45, 7) is 9.50. The third kappa shape index (κ3) is 5.28. The van der Waals surface area contributed by atoms with Gasteiger partial charge in [0.15, 0.2) is 0 Å². The lowest BCUT2D eigenvalue weighted by molar-refractivity contribution is -0.00551. The van der Waals surface area contributed by atoms with E-state index in [9.17, 15) is 10.5 Å². The monoisotopic (exact) mass is 557 g/mol. The zero-order valence-corrected chi connectivity index (χ0v) is 24.0. The number of benzene rings is 2. The molecule has 3 unspecified atom stereocenters. The van der Waals surface area contributed by atoms with Gasteiger partial charge in [0.1, 0.15) is 17.7 Å². The smallest absolute Gasteiger partial charge is 0.149 e. The average molecular weight is 558 g/mol. The van der Waals surface area contributed by atoms with Gasteiger partial charge in [-0.25, -0.2) is 4.98 Å². The number of ether oxygens (including phenoxy) is 1. The van der Waals surface area contributed by atoms with Crippen molar-refractivity contribution in [3.05, 3.63) is 59.2 Å². The lowest BCUT2D eigenvalue weighted by atomic mass is 9.93. The van der Waals surface area contributed by atoms with Crippen LogP contribution in [0.4, 0.5) is 17.3 Å². The van der Waals surface area contributed by atoms with Crippen molar-refractivity contribution in [2.75, 3.05) is 54.0 Å². The van der Waals surface area contributed by atoms with Crippen molar-refractivity contribution in [2.24, 2.45) is 0 Å². The highest BCUT2D eigenvalue weighted by Crippen LogP contribution is 2.39. The minimum Gasteiger partial charge on any atom is -0.372 e. The molecule has 0 bridgehead atoms. The maximum Gasteiger partial charge on any atom is 0.149 e. The quantitative estimate of drug-likeness (QED) is 0.505. The van der Waals surface area contributed by atoms with Crippen molar-refractivity contribution in [2.45, 2.75) is 51.5 Å². The molecular weight excluding hydrogens is 522 g/mol. The summed E-state index contributed by atoms with van der Waals surface area (Å²) in [4.78, 5) is 12.3. The maximum atomic E-state index is 10.6. The highest BCUT2D eigenvalue weighted by molar-refractivity contribution is 5.94. The minimum atomic E-state index is 0. The molecule has 3 aromatic rings. The molecule has 0 saturated carbocycles. The highest BCUT2D eigenvalue weighted by atomic mass is 35.5. The number of hydrogen-bond acceptors (Lipinski definition) is 8. The van der Waals surface area contributed by atoms with Gasteiger partial charge in [0.2, 0.25) is 0 Å². The van der Waals surface area contributed by atoms with E-state index in [-0.39, 0.29) is 30.7 Å². The van der Waals surface area contributed by atoms with E-state index in [4.69, 9.17) is 9.72 Å². The zero-order valence-electron chi connectivity index (χ0n) is 23.1. The van der Waals surface area contributed by atoms with E-state index >= 15 is 0 Å². The second-order valence-corrected chi connectivity index (χ2v) is 11.0. The molecule has 2 saturated heterocycles. The second-order valence-electron chi connectivity index (χ2n) is 11.0. The lowest BCUT2D eigenvalue weighted by Gasteiger charge is -2.41. The second kappa shape index (κ2) is 11.9. The van der Waals surface area contributed by atoms with Crippen molar-refractivity contribution in [1.29, 1.82) is 10.5 Å². The van der Waals surface area contributed by atoms with Crippen LogP contribution in [0, 0.1) is 22.7 Å². The van der Waals surface area contributed by atoms with Crippen LogP contribution < -0.4 is 20.0 Å². The molecule has 6 rings (SSSR count). The molecule has 0 radical (unpaired) electrons. The molecule has 2 aromatic carbocycles. The van der Waals surface area contributed by atoms with Crippen LogP contribution in [0.1, 0.15) is 37.0 Å². The molecule has 3 atom stereocenters. The van der Waals surface area contributed by atoms with Crippen molar-refractivity contribution in [3.8, 4) is 12.1 Å². The van der Waals surface area contributed by atoms with E-state index in [2.05, 4.69) is 88.5 Å². The van der Waals surface area contributed by atoms with Crippen LogP contribution in [0.15, 0.2) is 42.5 Å². The van der Waals surface area contributed by atoms with Gasteiger partial charge in [0.05, 0.1) is 30.3 Å². The van der Waals surface area contributed by atoms with Crippen LogP contribution in [-0.2, 0) is 17.7 Å². The normalized spacial score (nSPS) is 22.7. The third-order valence-electron chi connectivity index (χ3n) is 8.18. The van der Waals surface area contributed by atoms with Gasteiger partial charge in [-0.2, -0.15) is 10.5 Å². The third-order valence-corrected chi connectivity index (χ3v) is 8.18. The topological polar surface area (TPSA) is 91.5 Å². The Morgan fingerprint density at radius 2 is 1.70 bits per heavy atom. The Balaban J connectivity index is 0.00000323. The van der Waals surface area contributed by atoms with Crippen LogP contribution in [0.2, 0.25) is 0 Å². The molecule has 2 fully saturated rings. The maximum absolute atomic E-state index is 10.6. The number of piperazine rings is 1. The fourth-order valence-corrected chi connectivity index (χ4v) is 6.51. The Morgan fingerprint density at radius 1 is 0.925 bits per heavy atom. The molecule has 0 spiro atoms. The van der Waals surface area contributed by atoms with Gasteiger partial charge in [-0.3, -0.25) is 0 Å². The lowest BCUT2D eigenvalue weighted by Crippen LogP contribution is -2.51. The largest absolute Gasteiger partial charge is 0.372 e. The number of nitrogens with zero attached hydrogens (tertiary/aromatic N) is 6. The van der Waals surface area contributed by atoms with Crippen LogP contribution in [0.5, 0.6) is 0 Å². The number of nitrogens with one attached hydrogen (secondary N) is 1. The molecule has 3 aliphatic heterocycles. The van der Waals surface area contributed by atoms with Gasteiger partial charge < -0.3 is 24.8 Å². The molecule has 0 aliphatic carbocycles. The predicted molar refractivity (Wildman–Crippen MR) is 161 cm³/mol. The molecule has 8 nitrogen and oxygen atoms in total. The fourth-order valence-electron chi connectivity index (χ4n) is 6.51. The first-order valence-electron chi connectivity index (χ1n) is 14.0. The highest BCUT2D eigenvalue weighted by Gasteiger charge is 2.33. The standard InChI is InChI=1S/C31H35N7O.ClH/c1-21-17-38(18-22(2)39-21)30-26-11-14-36(29-9-5-7-23-6-3-4-8-25(23)29)20-28(26)27(16-33)31(35-30)37-15-13-34-24(19-37)10-12-32;/h3-9,21-22,24,34H,10-11,13-15,17-20H2,1-2H3;1H. The summed E-state index contributed by atoms with van der Waals surface area (Å²) >= 11 is 0. The summed E-state index contributed by atoms with van der Waals surface area (Å²) < 4.78 is 6.05. The van der Waals surface area contributed by atoms with Gasteiger partial charge >= 0.3 is 0 Å². The number of halogens is 1. The number of pyridine rings is 1.